The molecule has 0 fully saturated rings. The van der Waals surface area contributed by atoms with Crippen molar-refractivity contribution in [2.75, 3.05) is 0 Å². The van der Waals surface area contributed by atoms with Crippen molar-refractivity contribution < 1.29 is 9.90 Å². The van der Waals surface area contributed by atoms with Crippen LogP contribution in [0.1, 0.15) is 28.2 Å². The zero-order valence-corrected chi connectivity index (χ0v) is 11.9. The van der Waals surface area contributed by atoms with Crippen molar-refractivity contribution >= 4 is 5.97 Å². The highest BCUT2D eigenvalue weighted by molar-refractivity contribution is 5.76. The number of hydrogen-bond donors (Lipinski definition) is 1. The van der Waals surface area contributed by atoms with E-state index >= 15 is 0 Å². The Kier molecular flexibility index (Phi) is 3.81. The molecule has 1 aliphatic rings. The quantitative estimate of drug-likeness (QED) is 0.531. The average molecular weight is 293 g/mol. The summed E-state index contributed by atoms with van der Waals surface area (Å²) in [6.45, 7) is 0. The van der Waals surface area contributed by atoms with Gasteiger partial charge in [0.1, 0.15) is 6.04 Å². The van der Waals surface area contributed by atoms with Gasteiger partial charge in [-0.2, -0.15) is 0 Å². The van der Waals surface area contributed by atoms with E-state index in [1.54, 1.807) is 0 Å². The number of fused-ring (bicyclic) bond motifs is 2. The van der Waals surface area contributed by atoms with E-state index in [9.17, 15) is 9.90 Å². The predicted molar refractivity (Wildman–Crippen MR) is 82.7 cm³/mol. The van der Waals surface area contributed by atoms with Gasteiger partial charge in [-0.3, -0.25) is 4.79 Å². The highest BCUT2D eigenvalue weighted by atomic mass is 16.4. The van der Waals surface area contributed by atoms with E-state index in [0.717, 1.165) is 35.1 Å². The van der Waals surface area contributed by atoms with Crippen LogP contribution in [0.4, 0.5) is 0 Å². The summed E-state index contributed by atoms with van der Waals surface area (Å²) in [5, 5.41) is 13.1. The van der Waals surface area contributed by atoms with Crippen LogP contribution >= 0.6 is 0 Å². The molecule has 0 amide bonds. The molecule has 1 aliphatic carbocycles. The Bertz CT molecular complexity index is 717. The SMILES string of the molecule is [N-]=[N+]=N[C@@H](C(=O)O)C1c2ccccc2CCc2ccccc21. The molecule has 0 spiro atoms. The second-order valence-corrected chi connectivity index (χ2v) is 5.36. The highest BCUT2D eigenvalue weighted by Crippen LogP contribution is 2.37. The third-order valence-corrected chi connectivity index (χ3v) is 4.19. The number of aliphatic carboxylic acids is 1. The zero-order valence-electron chi connectivity index (χ0n) is 11.9. The van der Waals surface area contributed by atoms with E-state index in [2.05, 4.69) is 10.0 Å². The minimum Gasteiger partial charge on any atom is -0.481 e. The minimum absolute atomic E-state index is 0.455. The Labute approximate surface area is 127 Å². The topological polar surface area (TPSA) is 86.1 Å². The van der Waals surface area contributed by atoms with Crippen LogP contribution in [0.5, 0.6) is 0 Å². The minimum atomic E-state index is -1.15. The fourth-order valence-corrected chi connectivity index (χ4v) is 3.22. The van der Waals surface area contributed by atoms with Crippen LogP contribution in [0, 0.1) is 0 Å². The van der Waals surface area contributed by atoms with Gasteiger partial charge in [-0.05, 0) is 40.6 Å². The first kappa shape index (κ1) is 14.2. The van der Waals surface area contributed by atoms with E-state index in [1.807, 2.05) is 48.5 Å². The lowest BCUT2D eigenvalue weighted by molar-refractivity contribution is -0.138. The van der Waals surface area contributed by atoms with Crippen molar-refractivity contribution in [1.29, 1.82) is 0 Å². The fraction of sp³-hybridized carbons (Fsp3) is 0.235. The number of carboxylic acids is 1. The molecule has 0 bridgehead atoms. The van der Waals surface area contributed by atoms with Crippen LogP contribution in [-0.2, 0) is 17.6 Å². The summed E-state index contributed by atoms with van der Waals surface area (Å²) >= 11 is 0. The zero-order chi connectivity index (χ0) is 15.5. The van der Waals surface area contributed by atoms with Gasteiger partial charge in [-0.15, -0.1) is 0 Å². The second kappa shape index (κ2) is 5.92. The van der Waals surface area contributed by atoms with Crippen LogP contribution in [0.25, 0.3) is 10.4 Å². The number of nitrogens with zero attached hydrogens (tertiary/aromatic N) is 3. The Hall–Kier alpha value is -2.78. The molecule has 22 heavy (non-hydrogen) atoms. The van der Waals surface area contributed by atoms with E-state index in [0.29, 0.717) is 0 Å². The Morgan fingerprint density at radius 3 is 2.05 bits per heavy atom. The van der Waals surface area contributed by atoms with Crippen LogP contribution in [0.2, 0.25) is 0 Å². The van der Waals surface area contributed by atoms with Crippen LogP contribution in [0.15, 0.2) is 53.6 Å². The summed E-state index contributed by atoms with van der Waals surface area (Å²) in [7, 11) is 0. The van der Waals surface area contributed by atoms with Gasteiger partial charge in [0.25, 0.3) is 0 Å². The average Bonchev–Trinajstić information content (AvgIpc) is 2.69. The molecule has 0 unspecified atom stereocenters. The number of carbonyl (C=O) groups is 1. The summed E-state index contributed by atoms with van der Waals surface area (Å²) < 4.78 is 0. The molecular formula is C17H15N3O2. The molecule has 0 radical (unpaired) electrons. The summed E-state index contributed by atoms with van der Waals surface area (Å²) in [5.74, 6) is -1.56. The third kappa shape index (κ3) is 2.43. The molecule has 0 heterocycles. The van der Waals surface area contributed by atoms with E-state index in [-0.39, 0.29) is 0 Å². The van der Waals surface area contributed by atoms with Crippen molar-refractivity contribution in [3.05, 3.63) is 81.2 Å². The molecule has 5 heteroatoms. The van der Waals surface area contributed by atoms with Gasteiger partial charge in [-0.25, -0.2) is 0 Å². The van der Waals surface area contributed by atoms with Crippen LogP contribution < -0.4 is 0 Å². The number of benzene rings is 2. The number of aryl methyl sites for hydroxylation is 2. The van der Waals surface area contributed by atoms with Gasteiger partial charge in [0.05, 0.1) is 0 Å². The standard InChI is InChI=1S/C17H15N3O2/c18-20-19-16(17(21)22)15-13-7-3-1-5-11(13)9-10-12-6-2-4-8-14(12)15/h1-8,15-16H,9-10H2,(H,21,22)/t16-/m1/s1. The summed E-state index contributed by atoms with van der Waals surface area (Å²) in [6, 6.07) is 14.5. The monoisotopic (exact) mass is 293 g/mol. The number of rotatable bonds is 3. The van der Waals surface area contributed by atoms with Crippen LogP contribution in [0.3, 0.4) is 0 Å². The summed E-state index contributed by atoms with van der Waals surface area (Å²) in [4.78, 5) is 14.4. The maximum Gasteiger partial charge on any atom is 0.313 e. The van der Waals surface area contributed by atoms with Gasteiger partial charge in [-0.1, -0.05) is 53.6 Å². The normalized spacial score (nSPS) is 14.9. The van der Waals surface area contributed by atoms with Gasteiger partial charge in [0.15, 0.2) is 0 Å². The molecular weight excluding hydrogens is 278 g/mol. The summed E-state index contributed by atoms with van der Waals surface area (Å²) in [6.07, 6.45) is 1.71. The largest absolute Gasteiger partial charge is 0.481 e. The van der Waals surface area contributed by atoms with Crippen LogP contribution in [-0.4, -0.2) is 17.1 Å². The lowest BCUT2D eigenvalue weighted by Crippen LogP contribution is -2.27. The van der Waals surface area contributed by atoms with Crippen molar-refractivity contribution in [3.8, 4) is 0 Å². The second-order valence-electron chi connectivity index (χ2n) is 5.36. The summed E-state index contributed by atoms with van der Waals surface area (Å²) in [5.41, 5.74) is 12.9. The maximum atomic E-state index is 11.7. The van der Waals surface area contributed by atoms with Crippen molar-refractivity contribution in [2.24, 2.45) is 5.11 Å². The number of hydrogen-bond acceptors (Lipinski definition) is 2. The first-order valence-corrected chi connectivity index (χ1v) is 7.15. The molecule has 0 saturated carbocycles. The predicted octanol–water partition coefficient (Wildman–Crippen LogP) is 3.68. The lowest BCUT2D eigenvalue weighted by atomic mass is 9.83. The third-order valence-electron chi connectivity index (χ3n) is 4.19. The Morgan fingerprint density at radius 1 is 1.09 bits per heavy atom. The van der Waals surface area contributed by atoms with Gasteiger partial charge in [0, 0.05) is 10.8 Å². The first-order chi connectivity index (χ1) is 10.7. The van der Waals surface area contributed by atoms with E-state index in [1.165, 1.54) is 0 Å². The lowest BCUT2D eigenvalue weighted by Gasteiger charge is -2.23. The smallest absolute Gasteiger partial charge is 0.313 e. The van der Waals surface area contributed by atoms with Gasteiger partial charge in [0.2, 0.25) is 0 Å². The fourth-order valence-electron chi connectivity index (χ4n) is 3.22. The molecule has 3 rings (SSSR count). The molecule has 2 aromatic rings. The molecule has 0 saturated heterocycles. The molecule has 5 nitrogen and oxygen atoms in total. The molecule has 2 aromatic carbocycles. The van der Waals surface area contributed by atoms with Crippen molar-refractivity contribution in [2.45, 2.75) is 24.8 Å². The van der Waals surface area contributed by atoms with E-state index < -0.39 is 17.9 Å². The first-order valence-electron chi connectivity index (χ1n) is 7.15. The van der Waals surface area contributed by atoms with Crippen molar-refractivity contribution in [1.82, 2.24) is 0 Å². The van der Waals surface area contributed by atoms with Crippen molar-refractivity contribution in [3.63, 3.8) is 0 Å². The number of carboxylic acid groups (broad SMARTS) is 1. The molecule has 110 valence electrons. The molecule has 1 N–H and O–H groups in total. The Morgan fingerprint density at radius 2 is 1.59 bits per heavy atom. The highest BCUT2D eigenvalue weighted by Gasteiger charge is 2.34. The molecule has 0 aromatic heterocycles. The molecule has 0 aliphatic heterocycles. The Balaban J connectivity index is 2.25. The van der Waals surface area contributed by atoms with Gasteiger partial charge < -0.3 is 5.11 Å². The number of azide groups is 1. The van der Waals surface area contributed by atoms with Gasteiger partial charge >= 0.3 is 5.97 Å². The molecule has 1 atom stereocenters. The van der Waals surface area contributed by atoms with E-state index in [4.69, 9.17) is 5.53 Å². The maximum absolute atomic E-state index is 11.7.